The van der Waals surface area contributed by atoms with Crippen LogP contribution in [0.3, 0.4) is 0 Å². The zero-order valence-electron chi connectivity index (χ0n) is 11.1. The number of hydrogen-bond donors (Lipinski definition) is 1. The van der Waals surface area contributed by atoms with E-state index in [1.807, 2.05) is 6.92 Å². The molecule has 0 aliphatic carbocycles. The predicted octanol–water partition coefficient (Wildman–Crippen LogP) is 1.28. The molecule has 18 heavy (non-hydrogen) atoms. The van der Waals surface area contributed by atoms with E-state index in [4.69, 9.17) is 14.6 Å². The first-order valence-corrected chi connectivity index (χ1v) is 5.73. The van der Waals surface area contributed by atoms with E-state index in [1.165, 1.54) is 7.11 Å². The molecular formula is C11H19N3O4. The number of ether oxygens (including phenoxy) is 2. The molecular weight excluding hydrogens is 238 g/mol. The van der Waals surface area contributed by atoms with E-state index in [9.17, 15) is 4.79 Å². The Morgan fingerprint density at radius 3 is 2.61 bits per heavy atom. The summed E-state index contributed by atoms with van der Waals surface area (Å²) < 4.78 is 11.8. The third-order valence-corrected chi connectivity index (χ3v) is 2.83. The van der Waals surface area contributed by atoms with Gasteiger partial charge in [0, 0.05) is 20.8 Å². The van der Waals surface area contributed by atoms with Gasteiger partial charge in [-0.25, -0.2) is 9.48 Å². The van der Waals surface area contributed by atoms with Gasteiger partial charge in [0.1, 0.15) is 5.69 Å². The van der Waals surface area contributed by atoms with Crippen LogP contribution in [-0.2, 0) is 9.47 Å². The zero-order chi connectivity index (χ0) is 13.7. The van der Waals surface area contributed by atoms with Crippen LogP contribution in [0.4, 0.5) is 0 Å². The smallest absolute Gasteiger partial charge is 0.358 e. The summed E-state index contributed by atoms with van der Waals surface area (Å²) in [5.41, 5.74) is 0.419. The van der Waals surface area contributed by atoms with Crippen LogP contribution in [0.2, 0.25) is 0 Å². The lowest BCUT2D eigenvalue weighted by Crippen LogP contribution is -2.17. The van der Waals surface area contributed by atoms with Crippen LogP contribution >= 0.6 is 0 Å². The molecule has 0 bridgehead atoms. The standard InChI is InChI=1S/C11H19N3O4/c1-7(5-6-17-3)14-10(8(2)18-4)9(11(15)16)12-13-14/h7-8H,5-6H2,1-4H3,(H,15,16). The van der Waals surface area contributed by atoms with Gasteiger partial charge in [-0.1, -0.05) is 5.21 Å². The minimum atomic E-state index is -1.10. The highest BCUT2D eigenvalue weighted by molar-refractivity contribution is 5.86. The molecule has 7 nitrogen and oxygen atoms in total. The SMILES string of the molecule is COCCC(C)n1nnc(C(=O)O)c1C(C)OC. The summed E-state index contributed by atoms with van der Waals surface area (Å²) in [5, 5.41) is 16.7. The Kier molecular flexibility index (Phi) is 5.24. The molecule has 1 heterocycles. The van der Waals surface area contributed by atoms with Crippen molar-refractivity contribution in [3.8, 4) is 0 Å². The minimum Gasteiger partial charge on any atom is -0.476 e. The Labute approximate surface area is 106 Å². The van der Waals surface area contributed by atoms with Crippen LogP contribution in [0.15, 0.2) is 0 Å². The zero-order valence-corrected chi connectivity index (χ0v) is 11.1. The van der Waals surface area contributed by atoms with Gasteiger partial charge < -0.3 is 14.6 Å². The molecule has 0 aromatic carbocycles. The van der Waals surface area contributed by atoms with Gasteiger partial charge in [0.05, 0.1) is 12.1 Å². The van der Waals surface area contributed by atoms with Gasteiger partial charge in [-0.2, -0.15) is 0 Å². The molecule has 0 fully saturated rings. The third-order valence-electron chi connectivity index (χ3n) is 2.83. The van der Waals surface area contributed by atoms with Crippen LogP contribution in [0.1, 0.15) is 48.6 Å². The summed E-state index contributed by atoms with van der Waals surface area (Å²) in [4.78, 5) is 11.1. The fourth-order valence-electron chi connectivity index (χ4n) is 1.68. The van der Waals surface area contributed by atoms with Crippen molar-refractivity contribution in [3.63, 3.8) is 0 Å². The van der Waals surface area contributed by atoms with E-state index in [0.717, 1.165) is 6.42 Å². The molecule has 0 saturated heterocycles. The van der Waals surface area contributed by atoms with Crippen molar-refractivity contribution < 1.29 is 19.4 Å². The molecule has 2 atom stereocenters. The Hall–Kier alpha value is -1.47. The lowest BCUT2D eigenvalue weighted by molar-refractivity contribution is 0.0672. The number of aromatic carboxylic acids is 1. The quantitative estimate of drug-likeness (QED) is 0.791. The van der Waals surface area contributed by atoms with Gasteiger partial charge in [0.25, 0.3) is 0 Å². The Morgan fingerprint density at radius 1 is 1.44 bits per heavy atom. The van der Waals surface area contributed by atoms with E-state index in [2.05, 4.69) is 10.3 Å². The second-order valence-electron chi connectivity index (χ2n) is 4.08. The second-order valence-corrected chi connectivity index (χ2v) is 4.08. The number of nitrogens with zero attached hydrogens (tertiary/aromatic N) is 3. The van der Waals surface area contributed by atoms with E-state index in [1.54, 1.807) is 18.7 Å². The molecule has 7 heteroatoms. The van der Waals surface area contributed by atoms with E-state index >= 15 is 0 Å². The molecule has 1 N–H and O–H groups in total. The molecule has 0 spiro atoms. The third kappa shape index (κ3) is 3.05. The molecule has 0 amide bonds. The van der Waals surface area contributed by atoms with E-state index < -0.39 is 5.97 Å². The molecule has 0 radical (unpaired) electrons. The number of aromatic nitrogens is 3. The highest BCUT2D eigenvalue weighted by Crippen LogP contribution is 2.23. The lowest BCUT2D eigenvalue weighted by Gasteiger charge is -2.17. The number of rotatable bonds is 7. The number of carboxylic acid groups (broad SMARTS) is 1. The van der Waals surface area contributed by atoms with Crippen molar-refractivity contribution in [2.45, 2.75) is 32.4 Å². The molecule has 102 valence electrons. The van der Waals surface area contributed by atoms with Crippen LogP contribution < -0.4 is 0 Å². The highest BCUT2D eigenvalue weighted by atomic mass is 16.5. The van der Waals surface area contributed by atoms with Gasteiger partial charge in [0.2, 0.25) is 0 Å². The topological polar surface area (TPSA) is 86.5 Å². The van der Waals surface area contributed by atoms with Crippen molar-refractivity contribution >= 4 is 5.97 Å². The summed E-state index contributed by atoms with van der Waals surface area (Å²) in [7, 11) is 3.14. The lowest BCUT2D eigenvalue weighted by atomic mass is 10.2. The molecule has 1 rings (SSSR count). The average Bonchev–Trinajstić information content (AvgIpc) is 2.79. The number of carbonyl (C=O) groups is 1. The number of methoxy groups -OCH3 is 2. The normalized spacial score (nSPS) is 14.4. The number of hydrogen-bond acceptors (Lipinski definition) is 5. The van der Waals surface area contributed by atoms with Crippen molar-refractivity contribution in [1.29, 1.82) is 0 Å². The van der Waals surface area contributed by atoms with E-state index in [0.29, 0.717) is 12.3 Å². The monoisotopic (exact) mass is 257 g/mol. The Bertz CT molecular complexity index is 405. The van der Waals surface area contributed by atoms with Gasteiger partial charge in [-0.05, 0) is 20.3 Å². The summed E-state index contributed by atoms with van der Waals surface area (Å²) >= 11 is 0. The van der Waals surface area contributed by atoms with Crippen molar-refractivity contribution in [3.05, 3.63) is 11.4 Å². The fraction of sp³-hybridized carbons (Fsp3) is 0.727. The fourth-order valence-corrected chi connectivity index (χ4v) is 1.68. The van der Waals surface area contributed by atoms with Crippen molar-refractivity contribution in [2.75, 3.05) is 20.8 Å². The maximum Gasteiger partial charge on any atom is 0.358 e. The molecule has 2 unspecified atom stereocenters. The van der Waals surface area contributed by atoms with E-state index in [-0.39, 0.29) is 17.8 Å². The summed E-state index contributed by atoms with van der Waals surface area (Å²) in [6.45, 7) is 4.28. The summed E-state index contributed by atoms with van der Waals surface area (Å²) in [6, 6.07) is -0.00171. The first kappa shape index (κ1) is 14.6. The Balaban J connectivity index is 3.07. The van der Waals surface area contributed by atoms with Gasteiger partial charge in [0.15, 0.2) is 5.69 Å². The summed E-state index contributed by atoms with van der Waals surface area (Å²) in [6.07, 6.45) is 0.346. The number of carboxylic acids is 1. The predicted molar refractivity (Wildman–Crippen MR) is 63.6 cm³/mol. The molecule has 1 aromatic heterocycles. The second kappa shape index (κ2) is 6.46. The van der Waals surface area contributed by atoms with Gasteiger partial charge in [-0.3, -0.25) is 0 Å². The molecule has 0 aliphatic heterocycles. The first-order chi connectivity index (χ1) is 8.52. The van der Waals surface area contributed by atoms with Crippen LogP contribution in [0.5, 0.6) is 0 Å². The van der Waals surface area contributed by atoms with Gasteiger partial charge >= 0.3 is 5.97 Å². The molecule has 0 aliphatic rings. The average molecular weight is 257 g/mol. The summed E-state index contributed by atoms with van der Waals surface area (Å²) in [5.74, 6) is -1.10. The van der Waals surface area contributed by atoms with Crippen molar-refractivity contribution in [2.24, 2.45) is 0 Å². The largest absolute Gasteiger partial charge is 0.476 e. The van der Waals surface area contributed by atoms with Crippen LogP contribution in [0, 0.1) is 0 Å². The minimum absolute atomic E-state index is 0.00171. The van der Waals surface area contributed by atoms with Crippen molar-refractivity contribution in [1.82, 2.24) is 15.0 Å². The molecule has 1 aromatic rings. The van der Waals surface area contributed by atoms with Gasteiger partial charge in [-0.15, -0.1) is 5.10 Å². The molecule has 0 saturated carbocycles. The Morgan fingerprint density at radius 2 is 2.11 bits per heavy atom. The van der Waals surface area contributed by atoms with Crippen LogP contribution in [-0.4, -0.2) is 46.9 Å². The first-order valence-electron chi connectivity index (χ1n) is 5.73. The highest BCUT2D eigenvalue weighted by Gasteiger charge is 2.25. The maximum absolute atomic E-state index is 11.1. The van der Waals surface area contributed by atoms with Crippen LogP contribution in [0.25, 0.3) is 0 Å². The maximum atomic E-state index is 11.1.